The minimum atomic E-state index is -0.110. The number of nitrogens with two attached hydrogens (primary N) is 1. The molecule has 23 heavy (non-hydrogen) atoms. The van der Waals surface area contributed by atoms with Crippen LogP contribution in [0.3, 0.4) is 0 Å². The molecule has 0 aromatic carbocycles. The van der Waals surface area contributed by atoms with Gasteiger partial charge in [-0.25, -0.2) is 15.0 Å². The Morgan fingerprint density at radius 2 is 2.30 bits per heavy atom. The van der Waals surface area contributed by atoms with Crippen molar-refractivity contribution in [2.45, 2.75) is 32.0 Å². The number of rotatable bonds is 4. The quantitative estimate of drug-likeness (QED) is 0.761. The van der Waals surface area contributed by atoms with Crippen molar-refractivity contribution >= 4 is 22.9 Å². The highest BCUT2D eigenvalue weighted by Gasteiger charge is 2.23. The average Bonchev–Trinajstić information content (AvgIpc) is 3.20. The lowest BCUT2D eigenvalue weighted by Gasteiger charge is -2.24. The predicted molar refractivity (Wildman–Crippen MR) is 84.6 cm³/mol. The van der Waals surface area contributed by atoms with E-state index in [0.717, 1.165) is 31.6 Å². The van der Waals surface area contributed by atoms with Crippen molar-refractivity contribution in [3.8, 4) is 0 Å². The summed E-state index contributed by atoms with van der Waals surface area (Å²) in [5, 5.41) is 3.22. The van der Waals surface area contributed by atoms with E-state index in [0.29, 0.717) is 29.5 Å². The van der Waals surface area contributed by atoms with E-state index in [2.05, 4.69) is 20.3 Å². The van der Waals surface area contributed by atoms with Gasteiger partial charge in [-0.15, -0.1) is 0 Å². The number of hydrogen-bond donors (Lipinski definition) is 2. The highest BCUT2D eigenvalue weighted by atomic mass is 16.5. The topological polar surface area (TPSA) is 104 Å². The lowest BCUT2D eigenvalue weighted by atomic mass is 10.2. The van der Waals surface area contributed by atoms with E-state index in [9.17, 15) is 0 Å². The van der Waals surface area contributed by atoms with Gasteiger partial charge in [0.1, 0.15) is 18.3 Å². The molecule has 1 aliphatic heterocycles. The number of anilines is 2. The summed E-state index contributed by atoms with van der Waals surface area (Å²) in [5.41, 5.74) is 7.43. The summed E-state index contributed by atoms with van der Waals surface area (Å²) < 4.78 is 13.0. The number of fused-ring (bicyclic) bond motifs is 1. The van der Waals surface area contributed by atoms with E-state index in [1.165, 1.54) is 6.33 Å². The molecule has 0 saturated carbocycles. The summed E-state index contributed by atoms with van der Waals surface area (Å²) >= 11 is 0. The average molecular weight is 314 g/mol. The molecule has 1 aliphatic rings. The van der Waals surface area contributed by atoms with Crippen LogP contribution in [0.2, 0.25) is 0 Å². The van der Waals surface area contributed by atoms with Crippen LogP contribution in [0.5, 0.6) is 0 Å². The van der Waals surface area contributed by atoms with E-state index in [-0.39, 0.29) is 6.23 Å². The van der Waals surface area contributed by atoms with Crippen LogP contribution >= 0.6 is 0 Å². The van der Waals surface area contributed by atoms with Gasteiger partial charge in [0.2, 0.25) is 5.95 Å². The summed E-state index contributed by atoms with van der Waals surface area (Å²) in [4.78, 5) is 13.0. The van der Waals surface area contributed by atoms with Gasteiger partial charge in [-0.1, -0.05) is 0 Å². The molecular formula is C15H18N6O2. The van der Waals surface area contributed by atoms with Gasteiger partial charge in [-0.3, -0.25) is 4.57 Å². The number of nitrogens with zero attached hydrogens (tertiary/aromatic N) is 4. The Morgan fingerprint density at radius 3 is 3.09 bits per heavy atom. The Bertz CT molecular complexity index is 792. The molecule has 120 valence electrons. The Balaban J connectivity index is 1.67. The fourth-order valence-corrected chi connectivity index (χ4v) is 2.85. The summed E-state index contributed by atoms with van der Waals surface area (Å²) in [6.07, 6.45) is 6.13. The van der Waals surface area contributed by atoms with Gasteiger partial charge in [0.05, 0.1) is 12.8 Å². The maximum atomic E-state index is 6.10. The third-order valence-corrected chi connectivity index (χ3v) is 3.96. The van der Waals surface area contributed by atoms with Crippen molar-refractivity contribution in [2.24, 2.45) is 0 Å². The number of furan rings is 1. The van der Waals surface area contributed by atoms with Crippen molar-refractivity contribution in [2.75, 3.05) is 17.7 Å². The first-order chi connectivity index (χ1) is 11.3. The highest BCUT2D eigenvalue weighted by molar-refractivity contribution is 5.84. The molecule has 1 saturated heterocycles. The molecule has 0 aliphatic carbocycles. The van der Waals surface area contributed by atoms with E-state index in [4.69, 9.17) is 14.9 Å². The van der Waals surface area contributed by atoms with E-state index < -0.39 is 0 Å². The first-order valence-electron chi connectivity index (χ1n) is 7.69. The molecule has 1 fully saturated rings. The number of nitrogen functional groups attached to an aromatic ring is 1. The number of aromatic nitrogens is 4. The molecule has 0 bridgehead atoms. The number of hydrogen-bond acceptors (Lipinski definition) is 7. The zero-order valence-electron chi connectivity index (χ0n) is 12.6. The van der Waals surface area contributed by atoms with E-state index in [1.54, 1.807) is 6.26 Å². The third kappa shape index (κ3) is 2.61. The third-order valence-electron chi connectivity index (χ3n) is 3.96. The predicted octanol–water partition coefficient (Wildman–Crippen LogP) is 2.31. The zero-order valence-corrected chi connectivity index (χ0v) is 12.6. The SMILES string of the molecule is Nc1nc2c(NCc3ccco3)ncnc2n1C1CCCCO1. The second-order valence-corrected chi connectivity index (χ2v) is 5.49. The van der Waals surface area contributed by atoms with Crippen molar-refractivity contribution in [1.29, 1.82) is 0 Å². The first-order valence-corrected chi connectivity index (χ1v) is 7.69. The molecular weight excluding hydrogens is 296 g/mol. The summed E-state index contributed by atoms with van der Waals surface area (Å²) in [7, 11) is 0. The molecule has 4 heterocycles. The fraction of sp³-hybridized carbons (Fsp3) is 0.400. The monoisotopic (exact) mass is 314 g/mol. The van der Waals surface area contributed by atoms with Gasteiger partial charge in [-0.05, 0) is 31.4 Å². The summed E-state index contributed by atoms with van der Waals surface area (Å²) in [6, 6.07) is 3.74. The van der Waals surface area contributed by atoms with Crippen LogP contribution in [0.1, 0.15) is 31.3 Å². The van der Waals surface area contributed by atoms with Crippen molar-refractivity contribution in [1.82, 2.24) is 19.5 Å². The Hall–Kier alpha value is -2.61. The van der Waals surface area contributed by atoms with Crippen LogP contribution in [-0.2, 0) is 11.3 Å². The largest absolute Gasteiger partial charge is 0.467 e. The van der Waals surface area contributed by atoms with Gasteiger partial charge in [0.15, 0.2) is 17.0 Å². The molecule has 4 rings (SSSR count). The molecule has 8 nitrogen and oxygen atoms in total. The van der Waals surface area contributed by atoms with Crippen LogP contribution in [-0.4, -0.2) is 26.1 Å². The molecule has 3 aromatic heterocycles. The van der Waals surface area contributed by atoms with Crippen molar-refractivity contribution in [3.05, 3.63) is 30.5 Å². The minimum Gasteiger partial charge on any atom is -0.467 e. The molecule has 1 atom stereocenters. The number of nitrogens with one attached hydrogen (secondary N) is 1. The normalized spacial score (nSPS) is 18.3. The number of imidazole rings is 1. The van der Waals surface area contributed by atoms with Gasteiger partial charge in [0, 0.05) is 6.61 Å². The molecule has 0 radical (unpaired) electrons. The van der Waals surface area contributed by atoms with Crippen molar-refractivity contribution in [3.63, 3.8) is 0 Å². The van der Waals surface area contributed by atoms with Gasteiger partial charge >= 0.3 is 0 Å². The molecule has 8 heteroatoms. The molecule has 0 spiro atoms. The van der Waals surface area contributed by atoms with Gasteiger partial charge in [0.25, 0.3) is 0 Å². The molecule has 3 aromatic rings. The Labute approximate surface area is 132 Å². The molecule has 0 amide bonds. The van der Waals surface area contributed by atoms with Gasteiger partial charge < -0.3 is 20.2 Å². The first kappa shape index (κ1) is 14.0. The summed E-state index contributed by atoms with van der Waals surface area (Å²) in [5.74, 6) is 1.85. The second kappa shape index (κ2) is 5.88. The molecule has 3 N–H and O–H groups in total. The Morgan fingerprint density at radius 1 is 1.35 bits per heavy atom. The smallest absolute Gasteiger partial charge is 0.204 e. The highest BCUT2D eigenvalue weighted by Crippen LogP contribution is 2.30. The van der Waals surface area contributed by atoms with Crippen LogP contribution < -0.4 is 11.1 Å². The second-order valence-electron chi connectivity index (χ2n) is 5.49. The standard InChI is InChI=1S/C15H18N6O2/c16-15-20-12-13(17-8-10-4-3-7-22-10)18-9-19-14(12)21(15)11-5-1-2-6-23-11/h3-4,7,9,11H,1-2,5-6,8H2,(H2,16,20)(H,17,18,19). The lowest BCUT2D eigenvalue weighted by Crippen LogP contribution is -2.20. The zero-order chi connectivity index (χ0) is 15.6. The maximum Gasteiger partial charge on any atom is 0.204 e. The van der Waals surface area contributed by atoms with Crippen LogP contribution in [0.25, 0.3) is 11.2 Å². The van der Waals surface area contributed by atoms with Crippen LogP contribution in [0.15, 0.2) is 29.1 Å². The van der Waals surface area contributed by atoms with E-state index in [1.807, 2.05) is 16.7 Å². The fourth-order valence-electron chi connectivity index (χ4n) is 2.85. The Kier molecular flexibility index (Phi) is 3.58. The maximum absolute atomic E-state index is 6.10. The lowest BCUT2D eigenvalue weighted by molar-refractivity contribution is -0.0284. The van der Waals surface area contributed by atoms with Crippen LogP contribution in [0.4, 0.5) is 11.8 Å². The minimum absolute atomic E-state index is 0.110. The van der Waals surface area contributed by atoms with Crippen molar-refractivity contribution < 1.29 is 9.15 Å². The van der Waals surface area contributed by atoms with E-state index >= 15 is 0 Å². The summed E-state index contributed by atoms with van der Waals surface area (Å²) in [6.45, 7) is 1.25. The van der Waals surface area contributed by atoms with Crippen LogP contribution in [0, 0.1) is 0 Å². The molecule has 1 unspecified atom stereocenters. The number of ether oxygens (including phenoxy) is 1. The van der Waals surface area contributed by atoms with Gasteiger partial charge in [-0.2, -0.15) is 0 Å².